The van der Waals surface area contributed by atoms with Crippen LogP contribution in [0.25, 0.3) is 49.7 Å². The van der Waals surface area contributed by atoms with Gasteiger partial charge in [-0.1, -0.05) is 60.7 Å². The van der Waals surface area contributed by atoms with E-state index in [0.717, 1.165) is 50.3 Å². The molecule has 304 valence electrons. The number of fused-ring (bicyclic) bond motifs is 3. The van der Waals surface area contributed by atoms with Crippen molar-refractivity contribution in [3.63, 3.8) is 0 Å². The zero-order valence-electron chi connectivity index (χ0n) is 35.1. The molecule has 0 unspecified atom stereocenters. The Bertz CT molecular complexity index is 3240. The first-order chi connectivity index (χ1) is 31.6. The monoisotopic (exact) mass is 884 g/mol. The summed E-state index contributed by atoms with van der Waals surface area (Å²) in [6, 6.07) is 92.7. The van der Waals surface area contributed by atoms with Crippen molar-refractivity contribution in [3.8, 4) is 27.9 Å². The van der Waals surface area contributed by atoms with Crippen molar-refractivity contribution in [2.24, 2.45) is 0 Å². The van der Waals surface area contributed by atoms with Crippen molar-refractivity contribution in [1.82, 2.24) is 4.57 Å². The number of para-hydroxylation sites is 1. The van der Waals surface area contributed by atoms with E-state index in [4.69, 9.17) is 0 Å². The molecule has 0 fully saturated rings. The van der Waals surface area contributed by atoms with Crippen LogP contribution in [0.4, 0.5) is 21.5 Å². The second-order valence-electron chi connectivity index (χ2n) is 16.3. The number of benzene rings is 10. The number of rotatable bonds is 10. The van der Waals surface area contributed by atoms with Crippen LogP contribution in [-0.2, 0) is 0 Å². The molecule has 0 aliphatic heterocycles. The van der Waals surface area contributed by atoms with Crippen molar-refractivity contribution in [2.45, 2.75) is 0 Å². The minimum absolute atomic E-state index is 0.265. The van der Waals surface area contributed by atoms with E-state index in [9.17, 15) is 4.39 Å². The molecule has 0 N–H and O–H groups in total. The first kappa shape index (κ1) is 39.1. The summed E-state index contributed by atoms with van der Waals surface area (Å²) in [5.41, 5.74) is 10.9. The Morgan fingerprint density at radius 3 is 1.25 bits per heavy atom. The fourth-order valence-electron chi connectivity index (χ4n) is 9.63. The maximum absolute atomic E-state index is 14.4. The SMILES string of the molecule is Fc1ccc(N(c2ccc(-c3cc[c]([Ge]([c]4ccccc4)([c]4ccccc4)[c]4ccccc4)cc3)cc2)c2ccc3c(c2)c2ccccc2n3-c2ccc(-c3ccccc3)cc2)cc1. The van der Waals surface area contributed by atoms with E-state index in [1.165, 1.54) is 46.2 Å². The summed E-state index contributed by atoms with van der Waals surface area (Å²) in [6.07, 6.45) is 0. The van der Waals surface area contributed by atoms with Crippen LogP contribution in [0.5, 0.6) is 0 Å². The van der Waals surface area contributed by atoms with Gasteiger partial charge in [0.1, 0.15) is 5.82 Å². The first-order valence-electron chi connectivity index (χ1n) is 21.8. The Balaban J connectivity index is 0.974. The quantitative estimate of drug-likeness (QED) is 0.124. The van der Waals surface area contributed by atoms with E-state index in [2.05, 4.69) is 240 Å². The van der Waals surface area contributed by atoms with Crippen LogP contribution in [-0.4, -0.2) is 17.8 Å². The number of hydrogen-bond donors (Lipinski definition) is 0. The van der Waals surface area contributed by atoms with E-state index >= 15 is 0 Å². The van der Waals surface area contributed by atoms with Gasteiger partial charge >= 0.3 is 251 Å². The molecule has 0 atom stereocenters. The number of hydrogen-bond acceptors (Lipinski definition) is 1. The predicted octanol–water partition coefficient (Wildman–Crippen LogP) is 13.1. The summed E-state index contributed by atoms with van der Waals surface area (Å²) in [5.74, 6) is -0.265. The molecule has 11 aromatic rings. The van der Waals surface area contributed by atoms with Crippen LogP contribution in [0.15, 0.2) is 261 Å². The van der Waals surface area contributed by atoms with Crippen LogP contribution >= 0.6 is 0 Å². The molecule has 0 aliphatic carbocycles. The average Bonchev–Trinajstić information content (AvgIpc) is 3.70. The topological polar surface area (TPSA) is 8.17 Å². The van der Waals surface area contributed by atoms with Crippen LogP contribution in [0, 0.1) is 5.82 Å². The molecule has 10 aromatic carbocycles. The molecule has 2 nitrogen and oxygen atoms in total. The summed E-state index contributed by atoms with van der Waals surface area (Å²) >= 11 is -3.37. The summed E-state index contributed by atoms with van der Waals surface area (Å²) in [4.78, 5) is 2.22. The van der Waals surface area contributed by atoms with Crippen LogP contribution in [0.3, 0.4) is 0 Å². The fraction of sp³-hybridized carbons (Fsp3) is 0. The first-order valence-corrected chi connectivity index (χ1v) is 26.0. The van der Waals surface area contributed by atoms with Crippen molar-refractivity contribution in [1.29, 1.82) is 0 Å². The number of anilines is 3. The van der Waals surface area contributed by atoms with Gasteiger partial charge in [-0.25, -0.2) is 4.39 Å². The molecule has 1 aromatic heterocycles. The Kier molecular flexibility index (Phi) is 10.3. The van der Waals surface area contributed by atoms with Crippen molar-refractivity contribution >= 4 is 69.7 Å². The van der Waals surface area contributed by atoms with Gasteiger partial charge in [0.25, 0.3) is 0 Å². The second-order valence-corrected chi connectivity index (χ2v) is 24.2. The van der Waals surface area contributed by atoms with Gasteiger partial charge in [-0.15, -0.1) is 0 Å². The number of nitrogens with zero attached hydrogens (tertiary/aromatic N) is 2. The molecule has 4 heteroatoms. The fourth-order valence-corrected chi connectivity index (χ4v) is 19.6. The van der Waals surface area contributed by atoms with Crippen molar-refractivity contribution in [3.05, 3.63) is 267 Å². The summed E-state index contributed by atoms with van der Waals surface area (Å²) in [6.45, 7) is 0. The Labute approximate surface area is 376 Å². The van der Waals surface area contributed by atoms with Gasteiger partial charge in [-0.05, 0) is 29.3 Å². The normalized spacial score (nSPS) is 11.5. The third kappa shape index (κ3) is 7.01. The van der Waals surface area contributed by atoms with Crippen molar-refractivity contribution < 1.29 is 4.39 Å². The molecule has 0 spiro atoms. The molecule has 0 saturated carbocycles. The third-order valence-electron chi connectivity index (χ3n) is 12.6. The zero-order chi connectivity index (χ0) is 42.9. The molecule has 0 radical (unpaired) electrons. The van der Waals surface area contributed by atoms with Crippen molar-refractivity contribution in [2.75, 3.05) is 4.90 Å². The molecule has 64 heavy (non-hydrogen) atoms. The molecule has 0 bridgehead atoms. The number of aromatic nitrogens is 1. The van der Waals surface area contributed by atoms with Gasteiger partial charge in [0, 0.05) is 11.1 Å². The van der Waals surface area contributed by atoms with E-state index in [0.29, 0.717) is 0 Å². The maximum atomic E-state index is 14.4. The van der Waals surface area contributed by atoms with Crippen LogP contribution in [0.2, 0.25) is 0 Å². The zero-order valence-corrected chi connectivity index (χ0v) is 37.2. The third-order valence-corrected chi connectivity index (χ3v) is 22.7. The molecular weight excluding hydrogens is 840 g/mol. The molecule has 0 amide bonds. The Morgan fingerprint density at radius 2 is 0.703 bits per heavy atom. The van der Waals surface area contributed by atoms with Gasteiger partial charge in [0.15, 0.2) is 0 Å². The number of halogens is 1. The second kappa shape index (κ2) is 16.9. The summed E-state index contributed by atoms with van der Waals surface area (Å²) < 4.78 is 22.4. The van der Waals surface area contributed by atoms with E-state index in [-0.39, 0.29) is 5.82 Å². The van der Waals surface area contributed by atoms with E-state index in [1.807, 2.05) is 18.2 Å². The standard InChI is InChI=1S/C60H43FGeN2/c61-48-31-39-54(40-32-48)63(56-41-42-60-58(43-56)57-23-13-14-24-59(57)64(60)55-37-29-46(30-38-55)44-15-5-1-6-16-44)53-35-27-47(28-36-53)45-25-33-52(34-26-45)62(49-17-7-2-8-18-49,50-19-9-3-10-20-50)51-21-11-4-12-22-51/h1-43H. The van der Waals surface area contributed by atoms with Crippen LogP contribution in [0.1, 0.15) is 0 Å². The van der Waals surface area contributed by atoms with E-state index in [1.54, 1.807) is 0 Å². The summed E-state index contributed by atoms with van der Waals surface area (Å²) in [7, 11) is 0. The molecule has 11 rings (SSSR count). The molecular formula is C60H43FGeN2. The van der Waals surface area contributed by atoms with Gasteiger partial charge < -0.3 is 4.57 Å². The predicted molar refractivity (Wildman–Crippen MR) is 270 cm³/mol. The summed E-state index contributed by atoms with van der Waals surface area (Å²) in [5, 5.41) is 2.32. The van der Waals surface area contributed by atoms with Gasteiger partial charge in [0.2, 0.25) is 0 Å². The van der Waals surface area contributed by atoms with Gasteiger partial charge in [0.05, 0.1) is 11.0 Å². The van der Waals surface area contributed by atoms with Gasteiger partial charge in [-0.2, -0.15) is 0 Å². The van der Waals surface area contributed by atoms with E-state index < -0.39 is 13.3 Å². The molecule has 1 heterocycles. The van der Waals surface area contributed by atoms with Gasteiger partial charge in [-0.3, -0.25) is 0 Å². The Morgan fingerprint density at radius 1 is 0.312 bits per heavy atom. The average molecular weight is 884 g/mol. The van der Waals surface area contributed by atoms with Crippen LogP contribution < -0.4 is 22.5 Å². The molecule has 0 saturated heterocycles. The Hall–Kier alpha value is -7.73. The molecule has 0 aliphatic rings. The minimum atomic E-state index is -3.37.